The highest BCUT2D eigenvalue weighted by Crippen LogP contribution is 2.24. The second-order valence-corrected chi connectivity index (χ2v) is 3.44. The molecule has 0 aliphatic heterocycles. The number of ether oxygens (including phenoxy) is 2. The lowest BCUT2D eigenvalue weighted by Crippen LogP contribution is -2.48. The largest absolute Gasteiger partial charge is 0.350 e. The summed E-state index contributed by atoms with van der Waals surface area (Å²) in [7, 11) is 2.71. The highest BCUT2D eigenvalue weighted by molar-refractivity contribution is 6.25. The number of rotatable bonds is 4. The number of hydrogen-bond acceptors (Lipinski definition) is 4. The Labute approximate surface area is 75.7 Å². The van der Waals surface area contributed by atoms with Gasteiger partial charge in [0.25, 0.3) is 0 Å². The molecule has 0 saturated carbocycles. The van der Waals surface area contributed by atoms with Crippen LogP contribution in [0.3, 0.4) is 0 Å². The van der Waals surface area contributed by atoms with Crippen LogP contribution in [0.25, 0.3) is 0 Å². The Morgan fingerprint density at radius 3 is 1.55 bits per heavy atom. The first-order valence-electron chi connectivity index (χ1n) is 2.89. The van der Waals surface area contributed by atoms with Crippen LogP contribution >= 0.6 is 23.2 Å². The highest BCUT2D eigenvalue weighted by atomic mass is 35.5. The smallest absolute Gasteiger partial charge is 0.198 e. The molecule has 0 rings (SSSR count). The van der Waals surface area contributed by atoms with Crippen LogP contribution in [-0.4, -0.2) is 24.6 Å². The highest BCUT2D eigenvalue weighted by Gasteiger charge is 2.33. The maximum atomic E-state index is 5.60. The Kier molecular flexibility index (Phi) is 4.04. The van der Waals surface area contributed by atoms with E-state index in [2.05, 4.69) is 9.47 Å². The zero-order valence-corrected chi connectivity index (χ0v) is 7.95. The van der Waals surface area contributed by atoms with E-state index >= 15 is 0 Å². The monoisotopic (exact) mass is 202 g/mol. The molecular formula is C5H12Cl2N2O2. The number of hydrogen-bond donors (Lipinski definition) is 2. The summed E-state index contributed by atoms with van der Waals surface area (Å²) >= 11 is 11.2. The van der Waals surface area contributed by atoms with Gasteiger partial charge in [0.15, 0.2) is 10.4 Å². The minimum atomic E-state index is -1.38. The van der Waals surface area contributed by atoms with E-state index in [0.717, 1.165) is 0 Å². The average molecular weight is 203 g/mol. The molecule has 0 heterocycles. The van der Waals surface area contributed by atoms with Gasteiger partial charge in [-0.2, -0.15) is 0 Å². The van der Waals surface area contributed by atoms with Gasteiger partial charge in [-0.15, -0.1) is 0 Å². The fourth-order valence-corrected chi connectivity index (χ4v) is 0.938. The summed E-state index contributed by atoms with van der Waals surface area (Å²) in [6, 6.07) is 0. The van der Waals surface area contributed by atoms with Crippen LogP contribution in [-0.2, 0) is 9.47 Å². The van der Waals surface area contributed by atoms with E-state index in [4.69, 9.17) is 34.7 Å². The molecule has 2 unspecified atom stereocenters. The van der Waals surface area contributed by atoms with Crippen LogP contribution < -0.4 is 11.5 Å². The van der Waals surface area contributed by atoms with Crippen LogP contribution in [0.1, 0.15) is 6.42 Å². The van der Waals surface area contributed by atoms with Crippen molar-refractivity contribution in [2.75, 3.05) is 14.2 Å². The minimum Gasteiger partial charge on any atom is -0.350 e. The first-order chi connectivity index (χ1) is 4.83. The number of halogens is 2. The topological polar surface area (TPSA) is 70.5 Å². The summed E-state index contributed by atoms with van der Waals surface area (Å²) in [6.07, 6.45) is -0.0177. The van der Waals surface area contributed by atoms with Gasteiger partial charge in [0.05, 0.1) is 6.42 Å². The van der Waals surface area contributed by atoms with Gasteiger partial charge in [-0.05, 0) is 0 Å². The van der Waals surface area contributed by atoms with E-state index < -0.39 is 10.4 Å². The maximum absolute atomic E-state index is 5.60. The van der Waals surface area contributed by atoms with E-state index in [0.29, 0.717) is 0 Å². The molecule has 0 bridgehead atoms. The first kappa shape index (κ1) is 11.4. The molecule has 0 fully saturated rings. The van der Waals surface area contributed by atoms with Crippen LogP contribution in [0.15, 0.2) is 0 Å². The Morgan fingerprint density at radius 1 is 1.09 bits per heavy atom. The molecule has 4 nitrogen and oxygen atoms in total. The molecule has 2 atom stereocenters. The predicted molar refractivity (Wildman–Crippen MR) is 44.2 cm³/mol. The molecular weight excluding hydrogens is 191 g/mol. The molecule has 0 aliphatic rings. The Hall–Kier alpha value is 0.420. The van der Waals surface area contributed by atoms with Crippen molar-refractivity contribution in [1.29, 1.82) is 0 Å². The Bertz CT molecular complexity index is 116. The fourth-order valence-electron chi connectivity index (χ4n) is 0.473. The summed E-state index contributed by atoms with van der Waals surface area (Å²) in [6.45, 7) is 0. The Balaban J connectivity index is 4.02. The van der Waals surface area contributed by atoms with E-state index in [1.807, 2.05) is 0 Å². The third kappa shape index (κ3) is 4.79. The van der Waals surface area contributed by atoms with Crippen molar-refractivity contribution in [2.45, 2.75) is 16.8 Å². The second-order valence-electron chi connectivity index (χ2n) is 2.16. The van der Waals surface area contributed by atoms with Gasteiger partial charge in [0.1, 0.15) is 0 Å². The third-order valence-corrected chi connectivity index (χ3v) is 1.74. The van der Waals surface area contributed by atoms with Gasteiger partial charge in [0, 0.05) is 14.2 Å². The summed E-state index contributed by atoms with van der Waals surface area (Å²) in [5.41, 5.74) is 10.8. The van der Waals surface area contributed by atoms with Crippen molar-refractivity contribution in [3.8, 4) is 0 Å². The second kappa shape index (κ2) is 3.89. The first-order valence-corrected chi connectivity index (χ1v) is 3.64. The number of alkyl halides is 2. The molecule has 0 aromatic rings. The molecule has 4 N–H and O–H groups in total. The third-order valence-electron chi connectivity index (χ3n) is 1.16. The lowest BCUT2D eigenvalue weighted by atomic mass is 10.3. The van der Waals surface area contributed by atoms with Crippen molar-refractivity contribution >= 4 is 23.2 Å². The quantitative estimate of drug-likeness (QED) is 0.393. The molecule has 68 valence electrons. The van der Waals surface area contributed by atoms with Crippen LogP contribution in [0.5, 0.6) is 0 Å². The predicted octanol–water partition coefficient (Wildman–Crippen LogP) is 0.372. The van der Waals surface area contributed by atoms with Gasteiger partial charge in [-0.3, -0.25) is 11.5 Å². The molecule has 0 aromatic heterocycles. The standard InChI is InChI=1S/C5H12Cl2N2O2/c1-10-4(6,8)3-5(7,9)11-2/h3,8-9H2,1-2H3. The maximum Gasteiger partial charge on any atom is 0.198 e. The summed E-state index contributed by atoms with van der Waals surface area (Å²) in [5, 5.41) is -2.76. The zero-order valence-electron chi connectivity index (χ0n) is 6.43. The van der Waals surface area contributed by atoms with Crippen LogP contribution in [0, 0.1) is 0 Å². The summed E-state index contributed by atoms with van der Waals surface area (Å²) in [5.74, 6) is 0. The van der Waals surface area contributed by atoms with Crippen LogP contribution in [0.4, 0.5) is 0 Å². The fraction of sp³-hybridized carbons (Fsp3) is 1.00. The molecule has 11 heavy (non-hydrogen) atoms. The zero-order chi connectivity index (χ0) is 9.12. The molecule has 0 aliphatic carbocycles. The minimum absolute atomic E-state index is 0.0177. The van der Waals surface area contributed by atoms with Crippen molar-refractivity contribution in [3.05, 3.63) is 0 Å². The molecule has 0 amide bonds. The van der Waals surface area contributed by atoms with Crippen molar-refractivity contribution in [2.24, 2.45) is 11.5 Å². The molecule has 0 radical (unpaired) electrons. The summed E-state index contributed by atoms with van der Waals surface area (Å²) < 4.78 is 9.35. The van der Waals surface area contributed by atoms with Crippen molar-refractivity contribution in [3.63, 3.8) is 0 Å². The van der Waals surface area contributed by atoms with Gasteiger partial charge < -0.3 is 9.47 Å². The SMILES string of the molecule is COC(N)(Cl)CC(N)(Cl)OC. The lowest BCUT2D eigenvalue weighted by molar-refractivity contribution is -0.0169. The molecule has 0 spiro atoms. The average Bonchev–Trinajstić information content (AvgIpc) is 1.86. The molecule has 6 heteroatoms. The van der Waals surface area contributed by atoms with Crippen molar-refractivity contribution in [1.82, 2.24) is 0 Å². The number of methoxy groups -OCH3 is 2. The molecule has 0 saturated heterocycles. The van der Waals surface area contributed by atoms with Gasteiger partial charge in [-0.1, -0.05) is 23.2 Å². The summed E-state index contributed by atoms with van der Waals surface area (Å²) in [4.78, 5) is 0. The van der Waals surface area contributed by atoms with Gasteiger partial charge in [0.2, 0.25) is 0 Å². The lowest BCUT2D eigenvalue weighted by Gasteiger charge is -2.28. The van der Waals surface area contributed by atoms with Crippen molar-refractivity contribution < 1.29 is 9.47 Å². The van der Waals surface area contributed by atoms with E-state index in [1.165, 1.54) is 14.2 Å². The van der Waals surface area contributed by atoms with E-state index in [-0.39, 0.29) is 6.42 Å². The molecule has 0 aromatic carbocycles. The van der Waals surface area contributed by atoms with Gasteiger partial charge in [-0.25, -0.2) is 0 Å². The number of nitrogens with two attached hydrogens (primary N) is 2. The Morgan fingerprint density at radius 2 is 1.36 bits per heavy atom. The van der Waals surface area contributed by atoms with Crippen LogP contribution in [0.2, 0.25) is 0 Å². The normalized spacial score (nSPS) is 22.4. The van der Waals surface area contributed by atoms with E-state index in [9.17, 15) is 0 Å². The van der Waals surface area contributed by atoms with E-state index in [1.54, 1.807) is 0 Å². The van der Waals surface area contributed by atoms with Gasteiger partial charge >= 0.3 is 0 Å².